The molecule has 0 saturated carbocycles. The number of hydrogen-bond donors (Lipinski definition) is 1. The minimum Gasteiger partial charge on any atom is -0.489 e. The first-order valence-electron chi connectivity index (χ1n) is 9.61. The lowest BCUT2D eigenvalue weighted by Crippen LogP contribution is -2.26. The Morgan fingerprint density at radius 2 is 1.56 bits per heavy atom. The zero-order chi connectivity index (χ0) is 19.3. The minimum atomic E-state index is -0.0880. The third-order valence-electron chi connectivity index (χ3n) is 4.14. The molecular weight excluding hydrogens is 334 g/mol. The SMILES string of the molecule is CCCOc1c(OCc2ccccc2)c(NC(C)(C)C)cc2ccccc12. The van der Waals surface area contributed by atoms with Crippen LogP contribution in [0.3, 0.4) is 0 Å². The summed E-state index contributed by atoms with van der Waals surface area (Å²) in [6.07, 6.45) is 0.948. The summed E-state index contributed by atoms with van der Waals surface area (Å²) in [5, 5.41) is 5.81. The summed E-state index contributed by atoms with van der Waals surface area (Å²) in [7, 11) is 0. The summed E-state index contributed by atoms with van der Waals surface area (Å²) >= 11 is 0. The van der Waals surface area contributed by atoms with Gasteiger partial charge in [0.1, 0.15) is 6.61 Å². The standard InChI is InChI=1S/C24H29NO2/c1-5-15-26-22-20-14-10-9-13-19(20)16-21(25-24(2,3)4)23(22)27-17-18-11-7-6-8-12-18/h6-14,16,25H,5,15,17H2,1-4H3. The molecule has 0 bridgehead atoms. The van der Waals surface area contributed by atoms with Crippen molar-refractivity contribution in [1.82, 2.24) is 0 Å². The Balaban J connectivity index is 2.08. The van der Waals surface area contributed by atoms with Crippen LogP contribution < -0.4 is 14.8 Å². The number of fused-ring (bicyclic) bond motifs is 1. The molecule has 3 nitrogen and oxygen atoms in total. The summed E-state index contributed by atoms with van der Waals surface area (Å²) in [6.45, 7) is 9.72. The second-order valence-corrected chi connectivity index (χ2v) is 7.80. The molecular formula is C24H29NO2. The van der Waals surface area contributed by atoms with Crippen LogP contribution in [0.4, 0.5) is 5.69 Å². The second kappa shape index (κ2) is 8.34. The topological polar surface area (TPSA) is 30.5 Å². The monoisotopic (exact) mass is 363 g/mol. The number of rotatable bonds is 7. The van der Waals surface area contributed by atoms with Crippen molar-refractivity contribution < 1.29 is 9.47 Å². The van der Waals surface area contributed by atoms with Crippen LogP contribution in [0.1, 0.15) is 39.7 Å². The van der Waals surface area contributed by atoms with Crippen molar-refractivity contribution in [2.45, 2.75) is 46.3 Å². The zero-order valence-corrected chi connectivity index (χ0v) is 16.7. The molecule has 142 valence electrons. The molecule has 0 atom stereocenters. The Kier molecular flexibility index (Phi) is 5.90. The Labute approximate surface area is 162 Å². The van der Waals surface area contributed by atoms with Gasteiger partial charge < -0.3 is 14.8 Å². The van der Waals surface area contributed by atoms with E-state index >= 15 is 0 Å². The molecule has 3 heteroatoms. The summed E-state index contributed by atoms with van der Waals surface area (Å²) < 4.78 is 12.5. The molecule has 0 saturated heterocycles. The quantitative estimate of drug-likeness (QED) is 0.525. The molecule has 0 radical (unpaired) electrons. The molecule has 27 heavy (non-hydrogen) atoms. The van der Waals surface area contributed by atoms with Crippen LogP contribution in [0, 0.1) is 0 Å². The fourth-order valence-corrected chi connectivity index (χ4v) is 3.01. The van der Waals surface area contributed by atoms with Crippen molar-refractivity contribution in [1.29, 1.82) is 0 Å². The number of benzene rings is 3. The van der Waals surface area contributed by atoms with E-state index in [1.165, 1.54) is 0 Å². The van der Waals surface area contributed by atoms with Crippen molar-refractivity contribution in [3.05, 3.63) is 66.2 Å². The number of hydrogen-bond acceptors (Lipinski definition) is 3. The third kappa shape index (κ3) is 4.94. The molecule has 0 heterocycles. The fourth-order valence-electron chi connectivity index (χ4n) is 3.01. The van der Waals surface area contributed by atoms with Crippen LogP contribution >= 0.6 is 0 Å². The summed E-state index contributed by atoms with van der Waals surface area (Å²) in [4.78, 5) is 0. The lowest BCUT2D eigenvalue weighted by molar-refractivity contribution is 0.265. The van der Waals surface area contributed by atoms with Gasteiger partial charge >= 0.3 is 0 Å². The Morgan fingerprint density at radius 1 is 0.852 bits per heavy atom. The molecule has 3 rings (SSSR count). The molecule has 0 unspecified atom stereocenters. The van der Waals surface area contributed by atoms with E-state index in [1.54, 1.807) is 0 Å². The average molecular weight is 364 g/mol. The van der Waals surface area contributed by atoms with Crippen LogP contribution in [-0.2, 0) is 6.61 Å². The maximum Gasteiger partial charge on any atom is 0.185 e. The van der Waals surface area contributed by atoms with E-state index < -0.39 is 0 Å². The summed E-state index contributed by atoms with van der Waals surface area (Å²) in [5.41, 5.74) is 2.01. The van der Waals surface area contributed by atoms with E-state index in [9.17, 15) is 0 Å². The molecule has 0 aliphatic heterocycles. The Morgan fingerprint density at radius 3 is 2.26 bits per heavy atom. The number of ether oxygens (including phenoxy) is 2. The highest BCUT2D eigenvalue weighted by Crippen LogP contribution is 2.43. The zero-order valence-electron chi connectivity index (χ0n) is 16.7. The van der Waals surface area contributed by atoms with Gasteiger partial charge in [-0.2, -0.15) is 0 Å². The maximum absolute atomic E-state index is 6.32. The predicted molar refractivity (Wildman–Crippen MR) is 114 cm³/mol. The highest BCUT2D eigenvalue weighted by atomic mass is 16.5. The van der Waals surface area contributed by atoms with Gasteiger partial charge in [-0.3, -0.25) is 0 Å². The van der Waals surface area contributed by atoms with Crippen molar-refractivity contribution in [3.63, 3.8) is 0 Å². The molecule has 0 spiro atoms. The molecule has 0 aromatic heterocycles. The van der Waals surface area contributed by atoms with Gasteiger partial charge in [0.05, 0.1) is 12.3 Å². The molecule has 3 aromatic carbocycles. The van der Waals surface area contributed by atoms with Gasteiger partial charge in [0, 0.05) is 10.9 Å². The van der Waals surface area contributed by atoms with Crippen molar-refractivity contribution in [3.8, 4) is 11.5 Å². The van der Waals surface area contributed by atoms with E-state index in [2.05, 4.69) is 69.4 Å². The van der Waals surface area contributed by atoms with Crippen LogP contribution in [0.15, 0.2) is 60.7 Å². The van der Waals surface area contributed by atoms with Crippen molar-refractivity contribution >= 4 is 16.5 Å². The van der Waals surface area contributed by atoms with Crippen molar-refractivity contribution in [2.75, 3.05) is 11.9 Å². The van der Waals surface area contributed by atoms with Gasteiger partial charge in [-0.05, 0) is 44.2 Å². The minimum absolute atomic E-state index is 0.0880. The van der Waals surface area contributed by atoms with Gasteiger partial charge in [-0.25, -0.2) is 0 Å². The molecule has 0 aliphatic rings. The highest BCUT2D eigenvalue weighted by molar-refractivity contribution is 5.95. The predicted octanol–water partition coefficient (Wildman–Crippen LogP) is 6.42. The summed E-state index contributed by atoms with van der Waals surface area (Å²) in [6, 6.07) is 20.7. The molecule has 0 aliphatic carbocycles. The lowest BCUT2D eigenvalue weighted by atomic mass is 10.0. The molecule has 0 amide bonds. The van der Waals surface area contributed by atoms with Crippen LogP contribution in [0.5, 0.6) is 11.5 Å². The summed E-state index contributed by atoms with van der Waals surface area (Å²) in [5.74, 6) is 1.60. The van der Waals surface area contributed by atoms with Gasteiger partial charge in [0.2, 0.25) is 0 Å². The lowest BCUT2D eigenvalue weighted by Gasteiger charge is -2.26. The smallest absolute Gasteiger partial charge is 0.185 e. The molecule has 3 aromatic rings. The van der Waals surface area contributed by atoms with Crippen LogP contribution in [0.2, 0.25) is 0 Å². The van der Waals surface area contributed by atoms with E-state index in [4.69, 9.17) is 9.47 Å². The highest BCUT2D eigenvalue weighted by Gasteiger charge is 2.20. The molecule has 1 N–H and O–H groups in total. The van der Waals surface area contributed by atoms with E-state index in [0.717, 1.165) is 39.9 Å². The van der Waals surface area contributed by atoms with Crippen LogP contribution in [-0.4, -0.2) is 12.1 Å². The maximum atomic E-state index is 6.32. The third-order valence-corrected chi connectivity index (χ3v) is 4.14. The van der Waals surface area contributed by atoms with Gasteiger partial charge in [-0.1, -0.05) is 61.5 Å². The first-order chi connectivity index (χ1) is 13.0. The number of nitrogens with one attached hydrogen (secondary N) is 1. The Hall–Kier alpha value is -2.68. The normalized spacial score (nSPS) is 11.4. The largest absolute Gasteiger partial charge is 0.489 e. The Bertz CT molecular complexity index is 882. The van der Waals surface area contributed by atoms with Gasteiger partial charge in [0.15, 0.2) is 11.5 Å². The first-order valence-corrected chi connectivity index (χ1v) is 9.61. The second-order valence-electron chi connectivity index (χ2n) is 7.80. The van der Waals surface area contributed by atoms with E-state index in [-0.39, 0.29) is 5.54 Å². The number of anilines is 1. The fraction of sp³-hybridized carbons (Fsp3) is 0.333. The average Bonchev–Trinajstić information content (AvgIpc) is 2.64. The van der Waals surface area contributed by atoms with Gasteiger partial charge in [0.25, 0.3) is 0 Å². The van der Waals surface area contributed by atoms with Crippen LogP contribution in [0.25, 0.3) is 10.8 Å². The van der Waals surface area contributed by atoms with E-state index in [0.29, 0.717) is 13.2 Å². The van der Waals surface area contributed by atoms with E-state index in [1.807, 2.05) is 24.3 Å². The first kappa shape index (κ1) is 19.1. The molecule has 0 fully saturated rings. The van der Waals surface area contributed by atoms with Gasteiger partial charge in [-0.15, -0.1) is 0 Å². The van der Waals surface area contributed by atoms with Crippen molar-refractivity contribution in [2.24, 2.45) is 0 Å².